The lowest BCUT2D eigenvalue weighted by Gasteiger charge is -2.26. The van der Waals surface area contributed by atoms with E-state index in [0.29, 0.717) is 5.92 Å². The van der Waals surface area contributed by atoms with Gasteiger partial charge in [-0.05, 0) is 31.7 Å². The van der Waals surface area contributed by atoms with Crippen molar-refractivity contribution in [3.05, 3.63) is 10.6 Å². The fourth-order valence-corrected chi connectivity index (χ4v) is 4.28. The number of hydrogen-bond donors (Lipinski definition) is 1. The molecule has 1 fully saturated rings. The molecule has 114 valence electrons. The maximum atomic E-state index is 4.90. The Labute approximate surface area is 127 Å². The van der Waals surface area contributed by atoms with Crippen molar-refractivity contribution in [1.82, 2.24) is 10.3 Å². The van der Waals surface area contributed by atoms with Crippen LogP contribution in [0.2, 0.25) is 0 Å². The first-order valence-corrected chi connectivity index (χ1v) is 8.78. The molecule has 1 saturated carbocycles. The summed E-state index contributed by atoms with van der Waals surface area (Å²) >= 11 is 1.86. The zero-order chi connectivity index (χ0) is 14.5. The zero-order valence-corrected chi connectivity index (χ0v) is 14.2. The van der Waals surface area contributed by atoms with Crippen LogP contribution in [0, 0.1) is 5.92 Å². The van der Waals surface area contributed by atoms with E-state index in [1.54, 1.807) is 0 Å². The lowest BCUT2D eigenvalue weighted by Crippen LogP contribution is -2.26. The number of rotatable bonds is 6. The smallest absolute Gasteiger partial charge is 0.185 e. The molecule has 2 rings (SSSR count). The topological polar surface area (TPSA) is 28.2 Å². The summed E-state index contributed by atoms with van der Waals surface area (Å²) in [4.78, 5) is 8.68. The predicted octanol–water partition coefficient (Wildman–Crippen LogP) is 4.00. The third kappa shape index (κ3) is 3.95. The zero-order valence-electron chi connectivity index (χ0n) is 13.4. The van der Waals surface area contributed by atoms with E-state index in [2.05, 4.69) is 31.1 Å². The molecule has 0 saturated heterocycles. The summed E-state index contributed by atoms with van der Waals surface area (Å²) in [5.41, 5.74) is 1.27. The Morgan fingerprint density at radius 2 is 2.00 bits per heavy atom. The van der Waals surface area contributed by atoms with Crippen molar-refractivity contribution >= 4 is 16.5 Å². The number of anilines is 1. The van der Waals surface area contributed by atoms with Gasteiger partial charge in [0.25, 0.3) is 0 Å². The van der Waals surface area contributed by atoms with Crippen LogP contribution in [0.1, 0.15) is 62.4 Å². The molecule has 3 nitrogen and oxygen atoms in total. The molecule has 1 aromatic rings. The molecule has 0 unspecified atom stereocenters. The van der Waals surface area contributed by atoms with Crippen LogP contribution in [0.4, 0.5) is 5.13 Å². The maximum absolute atomic E-state index is 4.90. The number of aromatic nitrogens is 1. The van der Waals surface area contributed by atoms with Crippen LogP contribution in [-0.2, 0) is 6.54 Å². The van der Waals surface area contributed by atoms with Crippen LogP contribution in [0.3, 0.4) is 0 Å². The van der Waals surface area contributed by atoms with Crippen molar-refractivity contribution in [3.8, 4) is 0 Å². The minimum Gasteiger partial charge on any atom is -0.351 e. The molecule has 0 amide bonds. The van der Waals surface area contributed by atoms with Gasteiger partial charge in [0.15, 0.2) is 5.13 Å². The van der Waals surface area contributed by atoms with Gasteiger partial charge in [0.05, 0.1) is 5.69 Å². The molecule has 20 heavy (non-hydrogen) atoms. The predicted molar refractivity (Wildman–Crippen MR) is 88.8 cm³/mol. The number of hydrogen-bond acceptors (Lipinski definition) is 4. The molecule has 0 bridgehead atoms. The van der Waals surface area contributed by atoms with Gasteiger partial charge in [-0.15, -0.1) is 11.3 Å². The fourth-order valence-electron chi connectivity index (χ4n) is 3.09. The summed E-state index contributed by atoms with van der Waals surface area (Å²) in [5, 5.41) is 4.46. The molecule has 4 heteroatoms. The molecule has 1 aromatic heterocycles. The van der Waals surface area contributed by atoms with Crippen LogP contribution in [0.5, 0.6) is 0 Å². The summed E-state index contributed by atoms with van der Waals surface area (Å²) in [6.07, 6.45) is 7.06. The Balaban J connectivity index is 2.04. The van der Waals surface area contributed by atoms with Gasteiger partial charge in [0, 0.05) is 25.0 Å². The lowest BCUT2D eigenvalue weighted by atomic mass is 9.89. The Morgan fingerprint density at radius 1 is 1.30 bits per heavy atom. The highest BCUT2D eigenvalue weighted by molar-refractivity contribution is 7.15. The Kier molecular flexibility index (Phi) is 5.85. The highest BCUT2D eigenvalue weighted by Crippen LogP contribution is 2.32. The lowest BCUT2D eigenvalue weighted by molar-refractivity contribution is 0.362. The standard InChI is InChI=1S/C16H29N3S/c1-12(2)15-14(10-17-3)20-16(18-15)19(4)11-13-8-6-5-7-9-13/h12-13,17H,5-11H2,1-4H3. The van der Waals surface area contributed by atoms with Crippen LogP contribution < -0.4 is 10.2 Å². The van der Waals surface area contributed by atoms with Crippen molar-refractivity contribution in [2.45, 2.75) is 58.4 Å². The molecule has 0 atom stereocenters. The minimum atomic E-state index is 0.506. The second-order valence-electron chi connectivity index (χ2n) is 6.37. The van der Waals surface area contributed by atoms with Gasteiger partial charge < -0.3 is 10.2 Å². The third-order valence-corrected chi connectivity index (χ3v) is 5.37. The summed E-state index contributed by atoms with van der Waals surface area (Å²) in [6.45, 7) is 6.57. The number of nitrogens with one attached hydrogen (secondary N) is 1. The number of nitrogens with zero attached hydrogens (tertiary/aromatic N) is 2. The molecule has 1 aliphatic rings. The van der Waals surface area contributed by atoms with Crippen molar-refractivity contribution in [3.63, 3.8) is 0 Å². The van der Waals surface area contributed by atoms with Crippen LogP contribution in [0.25, 0.3) is 0 Å². The highest BCUT2D eigenvalue weighted by Gasteiger charge is 2.19. The van der Waals surface area contributed by atoms with Crippen LogP contribution in [-0.4, -0.2) is 25.6 Å². The van der Waals surface area contributed by atoms with E-state index in [-0.39, 0.29) is 0 Å². The summed E-state index contributed by atoms with van der Waals surface area (Å²) in [6, 6.07) is 0. The van der Waals surface area contributed by atoms with Gasteiger partial charge >= 0.3 is 0 Å². The summed E-state index contributed by atoms with van der Waals surface area (Å²) in [7, 11) is 4.22. The molecule has 0 spiro atoms. The Morgan fingerprint density at radius 3 is 2.60 bits per heavy atom. The van der Waals surface area contributed by atoms with Crippen molar-refractivity contribution < 1.29 is 0 Å². The van der Waals surface area contributed by atoms with E-state index < -0.39 is 0 Å². The highest BCUT2D eigenvalue weighted by atomic mass is 32.1. The number of thiazole rings is 1. The Hall–Kier alpha value is -0.610. The molecule has 0 aromatic carbocycles. The SMILES string of the molecule is CNCc1sc(N(C)CC2CCCCC2)nc1C(C)C. The van der Waals surface area contributed by atoms with Crippen molar-refractivity contribution in [1.29, 1.82) is 0 Å². The molecule has 1 N–H and O–H groups in total. The van der Waals surface area contributed by atoms with Gasteiger partial charge in [0.1, 0.15) is 0 Å². The van der Waals surface area contributed by atoms with E-state index in [9.17, 15) is 0 Å². The summed E-state index contributed by atoms with van der Waals surface area (Å²) < 4.78 is 0. The molecule has 1 aliphatic carbocycles. The van der Waals surface area contributed by atoms with Crippen molar-refractivity contribution in [2.24, 2.45) is 5.92 Å². The van der Waals surface area contributed by atoms with Gasteiger partial charge in [-0.25, -0.2) is 4.98 Å². The third-order valence-electron chi connectivity index (χ3n) is 4.18. The van der Waals surface area contributed by atoms with E-state index in [1.165, 1.54) is 54.4 Å². The van der Waals surface area contributed by atoms with E-state index in [0.717, 1.165) is 12.5 Å². The maximum Gasteiger partial charge on any atom is 0.185 e. The second kappa shape index (κ2) is 7.41. The fraction of sp³-hybridized carbons (Fsp3) is 0.812. The monoisotopic (exact) mass is 295 g/mol. The molecular formula is C16H29N3S. The van der Waals surface area contributed by atoms with Crippen LogP contribution in [0.15, 0.2) is 0 Å². The van der Waals surface area contributed by atoms with E-state index >= 15 is 0 Å². The summed E-state index contributed by atoms with van der Waals surface area (Å²) in [5.74, 6) is 1.37. The van der Waals surface area contributed by atoms with Gasteiger partial charge in [0.2, 0.25) is 0 Å². The second-order valence-corrected chi connectivity index (χ2v) is 7.44. The first kappa shape index (κ1) is 15.8. The van der Waals surface area contributed by atoms with Gasteiger partial charge in [-0.2, -0.15) is 0 Å². The molecular weight excluding hydrogens is 266 g/mol. The van der Waals surface area contributed by atoms with Gasteiger partial charge in [-0.3, -0.25) is 0 Å². The van der Waals surface area contributed by atoms with Crippen molar-refractivity contribution in [2.75, 3.05) is 25.5 Å². The minimum absolute atomic E-state index is 0.506. The van der Waals surface area contributed by atoms with E-state index in [4.69, 9.17) is 4.98 Å². The molecule has 1 heterocycles. The largest absolute Gasteiger partial charge is 0.351 e. The van der Waals surface area contributed by atoms with Gasteiger partial charge in [-0.1, -0.05) is 33.1 Å². The normalized spacial score (nSPS) is 16.9. The Bertz CT molecular complexity index is 408. The molecule has 0 aliphatic heterocycles. The van der Waals surface area contributed by atoms with Crippen LogP contribution >= 0.6 is 11.3 Å². The molecule has 0 radical (unpaired) electrons. The van der Waals surface area contributed by atoms with E-state index in [1.807, 2.05) is 18.4 Å². The first-order chi connectivity index (χ1) is 9.61. The average Bonchev–Trinajstić information content (AvgIpc) is 2.85. The first-order valence-electron chi connectivity index (χ1n) is 7.97. The average molecular weight is 295 g/mol. The quantitative estimate of drug-likeness (QED) is 0.859.